The van der Waals surface area contributed by atoms with Crippen molar-refractivity contribution in [3.8, 4) is 17.1 Å². The number of thiazole rings is 1. The molecule has 0 saturated heterocycles. The number of nitrogens with one attached hydrogen (secondary N) is 2. The molecule has 4 N–H and O–H groups in total. The van der Waals surface area contributed by atoms with Gasteiger partial charge in [0.25, 0.3) is 0 Å². The largest absolute Gasteiger partial charge is 0.375 e. The Bertz CT molecular complexity index is 989. The van der Waals surface area contributed by atoms with Crippen molar-refractivity contribution < 1.29 is 8.96 Å². The normalized spacial score (nSPS) is 11.4. The minimum Gasteiger partial charge on any atom is -0.375 e. The molecule has 0 aliphatic carbocycles. The molecule has 10 heteroatoms. The van der Waals surface area contributed by atoms with Crippen molar-refractivity contribution in [1.82, 2.24) is 25.1 Å². The third kappa shape index (κ3) is 1.94. The van der Waals surface area contributed by atoms with E-state index in [0.717, 1.165) is 10.9 Å². The molecule has 4 aromatic heterocycles. The summed E-state index contributed by atoms with van der Waals surface area (Å²) < 4.78 is 16.0. The second kappa shape index (κ2) is 4.75. The van der Waals surface area contributed by atoms with E-state index in [1.807, 2.05) is 0 Å². The van der Waals surface area contributed by atoms with Crippen molar-refractivity contribution in [3.05, 3.63) is 35.8 Å². The highest BCUT2D eigenvalue weighted by Gasteiger charge is 2.23. The lowest BCUT2D eigenvalue weighted by molar-refractivity contribution is -0.585. The van der Waals surface area contributed by atoms with E-state index in [4.69, 9.17) is 17.3 Å². The van der Waals surface area contributed by atoms with Crippen molar-refractivity contribution in [2.24, 2.45) is 0 Å². The number of aromatic nitrogens is 6. The van der Waals surface area contributed by atoms with Gasteiger partial charge in [-0.3, -0.25) is 4.98 Å². The van der Waals surface area contributed by atoms with E-state index in [9.17, 15) is 4.39 Å². The van der Waals surface area contributed by atoms with Crippen LogP contribution < -0.4 is 10.3 Å². The van der Waals surface area contributed by atoms with Gasteiger partial charge >= 0.3 is 5.82 Å². The number of pyridine rings is 1. The predicted molar refractivity (Wildman–Crippen MR) is 80.3 cm³/mol. The molecular formula is C12H8ClFN7S+. The molecule has 0 saturated carbocycles. The van der Waals surface area contributed by atoms with Crippen molar-refractivity contribution in [1.29, 1.82) is 0 Å². The summed E-state index contributed by atoms with van der Waals surface area (Å²) in [7, 11) is 0. The molecule has 4 heterocycles. The first-order chi connectivity index (χ1) is 10.6. The monoisotopic (exact) mass is 336 g/mol. The van der Waals surface area contributed by atoms with Crippen molar-refractivity contribution >= 4 is 38.4 Å². The van der Waals surface area contributed by atoms with Crippen LogP contribution in [0.15, 0.2) is 24.8 Å². The summed E-state index contributed by atoms with van der Waals surface area (Å²) >= 11 is 7.39. The minimum atomic E-state index is -0.471. The summed E-state index contributed by atoms with van der Waals surface area (Å²) in [6, 6.07) is 1.32. The molecule has 0 aliphatic heterocycles. The fraction of sp³-hybridized carbons (Fsp3) is 0. The molecule has 0 fully saturated rings. The standard InChI is InChI=1S/C12H7ClFN7S/c13-9-6(1-5(14)2-17-9)7-3-16-4-21(7)11-8-10(19-20-11)18-12(15)22-8/h1-4H,(H3,15,18,19,20)/p+1. The van der Waals surface area contributed by atoms with Gasteiger partial charge in [-0.25, -0.2) is 9.37 Å². The number of halogens is 2. The number of imidazole rings is 1. The highest BCUT2D eigenvalue weighted by Crippen LogP contribution is 2.28. The van der Waals surface area contributed by atoms with Gasteiger partial charge in [-0.2, -0.15) is 14.6 Å². The van der Waals surface area contributed by atoms with Crippen LogP contribution in [0.2, 0.25) is 5.15 Å². The van der Waals surface area contributed by atoms with E-state index >= 15 is 0 Å². The molecule has 0 radical (unpaired) electrons. The Morgan fingerprint density at radius 2 is 2.27 bits per heavy atom. The lowest BCUT2D eigenvalue weighted by Crippen LogP contribution is -2.31. The van der Waals surface area contributed by atoms with Gasteiger partial charge in [0.1, 0.15) is 16.7 Å². The number of anilines is 1. The van der Waals surface area contributed by atoms with Crippen molar-refractivity contribution in [2.75, 3.05) is 5.73 Å². The zero-order valence-corrected chi connectivity index (χ0v) is 12.4. The second-order valence-corrected chi connectivity index (χ2v) is 5.85. The van der Waals surface area contributed by atoms with Crippen molar-refractivity contribution in [2.45, 2.75) is 0 Å². The van der Waals surface area contributed by atoms with E-state index in [-0.39, 0.29) is 5.15 Å². The van der Waals surface area contributed by atoms with Gasteiger partial charge in [0.2, 0.25) is 0 Å². The molecule has 0 atom stereocenters. The van der Waals surface area contributed by atoms with Crippen LogP contribution in [0.3, 0.4) is 0 Å². The van der Waals surface area contributed by atoms with Gasteiger partial charge in [0, 0.05) is 0 Å². The number of aromatic amines is 2. The molecular weight excluding hydrogens is 329 g/mol. The summed E-state index contributed by atoms with van der Waals surface area (Å²) in [6.07, 6.45) is 4.44. The molecule has 0 bridgehead atoms. The van der Waals surface area contributed by atoms with Crippen LogP contribution in [-0.2, 0) is 0 Å². The number of fused-ring (bicyclic) bond motifs is 1. The molecule has 0 aliphatic rings. The predicted octanol–water partition coefficient (Wildman–Crippen LogP) is 2.06. The minimum absolute atomic E-state index is 0.199. The fourth-order valence-corrected chi connectivity index (χ4v) is 3.17. The number of nitrogens with two attached hydrogens (primary N) is 1. The first-order valence-corrected chi connectivity index (χ1v) is 7.33. The maximum absolute atomic E-state index is 13.5. The number of rotatable bonds is 2. The van der Waals surface area contributed by atoms with Crippen LogP contribution >= 0.6 is 22.9 Å². The van der Waals surface area contributed by atoms with Crippen molar-refractivity contribution in [3.63, 3.8) is 0 Å². The number of hydrogen-bond donors (Lipinski definition) is 3. The Labute approximate surface area is 131 Å². The third-order valence-corrected chi connectivity index (χ3v) is 4.29. The summed E-state index contributed by atoms with van der Waals surface area (Å²) in [5, 5.41) is 7.68. The van der Waals surface area contributed by atoms with E-state index in [0.29, 0.717) is 27.9 Å². The molecule has 0 spiro atoms. The molecule has 4 rings (SSSR count). The molecule has 110 valence electrons. The number of nitrogens with zero attached hydrogens (tertiary/aromatic N) is 4. The molecule has 0 aromatic carbocycles. The second-order valence-electron chi connectivity index (χ2n) is 4.46. The molecule has 0 unspecified atom stereocenters. The summed E-state index contributed by atoms with van der Waals surface area (Å²) in [5.74, 6) is 0.127. The Kier molecular flexibility index (Phi) is 2.84. The van der Waals surface area contributed by atoms with Gasteiger partial charge < -0.3 is 5.73 Å². The average Bonchev–Trinajstić information content (AvgIpc) is 3.16. The first kappa shape index (κ1) is 13.2. The van der Waals surface area contributed by atoms with Crippen LogP contribution in [0.1, 0.15) is 0 Å². The Hall–Kier alpha value is -2.52. The van der Waals surface area contributed by atoms with Crippen LogP contribution in [0, 0.1) is 5.82 Å². The first-order valence-electron chi connectivity index (χ1n) is 6.14. The lowest BCUT2D eigenvalue weighted by Gasteiger charge is -2.01. The number of H-pyrrole nitrogens is 2. The third-order valence-electron chi connectivity index (χ3n) is 3.11. The highest BCUT2D eigenvalue weighted by atomic mass is 35.5. The van der Waals surface area contributed by atoms with Gasteiger partial charge in [0.15, 0.2) is 21.8 Å². The maximum atomic E-state index is 13.5. The van der Waals surface area contributed by atoms with E-state index < -0.39 is 5.82 Å². The Morgan fingerprint density at radius 3 is 3.14 bits per heavy atom. The number of hydrogen-bond acceptors (Lipinski definition) is 5. The smallest absolute Gasteiger partial charge is 0.312 e. The molecule has 4 aromatic rings. The summed E-state index contributed by atoms with van der Waals surface area (Å²) in [5.41, 5.74) is 7.39. The summed E-state index contributed by atoms with van der Waals surface area (Å²) in [4.78, 5) is 10.9. The van der Waals surface area contributed by atoms with Crippen LogP contribution in [0.25, 0.3) is 27.4 Å². The van der Waals surface area contributed by atoms with Gasteiger partial charge in [-0.05, 0) is 11.2 Å². The molecule has 0 amide bonds. The van der Waals surface area contributed by atoms with Crippen LogP contribution in [-0.4, -0.2) is 25.1 Å². The lowest BCUT2D eigenvalue weighted by atomic mass is 10.2. The van der Waals surface area contributed by atoms with Crippen LogP contribution in [0.5, 0.6) is 0 Å². The quantitative estimate of drug-likeness (QED) is 0.385. The van der Waals surface area contributed by atoms with Gasteiger partial charge in [0.05, 0.1) is 18.0 Å². The Morgan fingerprint density at radius 1 is 1.41 bits per heavy atom. The van der Waals surface area contributed by atoms with Gasteiger partial charge in [-0.15, -0.1) is 0 Å². The molecule has 7 nitrogen and oxygen atoms in total. The van der Waals surface area contributed by atoms with E-state index in [1.54, 1.807) is 17.1 Å². The number of nitrogen functional groups attached to an aromatic ring is 1. The van der Waals surface area contributed by atoms with E-state index in [1.165, 1.54) is 17.4 Å². The fourth-order valence-electron chi connectivity index (χ4n) is 2.20. The van der Waals surface area contributed by atoms with Gasteiger partial charge in [-0.1, -0.05) is 22.9 Å². The van der Waals surface area contributed by atoms with E-state index in [2.05, 4.69) is 25.1 Å². The topological polar surface area (TPSA) is 100 Å². The average molecular weight is 337 g/mol. The SMILES string of the molecule is Nc1nc2[nH]nc(-[n+]3c[nH]cc3-c3cc(F)cnc3Cl)c2s1. The maximum Gasteiger partial charge on any atom is 0.312 e. The highest BCUT2D eigenvalue weighted by molar-refractivity contribution is 7.22. The zero-order chi connectivity index (χ0) is 15.3. The Balaban J connectivity index is 1.95. The van der Waals surface area contributed by atoms with Crippen LogP contribution in [0.4, 0.5) is 9.52 Å². The zero-order valence-electron chi connectivity index (χ0n) is 10.8. The molecule has 22 heavy (non-hydrogen) atoms. The summed E-state index contributed by atoms with van der Waals surface area (Å²) in [6.45, 7) is 0.